The smallest absolute Gasteiger partial charge is 0.247 e. The second kappa shape index (κ2) is 13.2. The van der Waals surface area contributed by atoms with Gasteiger partial charge in [0.1, 0.15) is 18.5 Å². The molecule has 4 atom stereocenters. The molecule has 1 aliphatic heterocycles. The number of hydrogen-bond donors (Lipinski definition) is 3. The Morgan fingerprint density at radius 1 is 1.26 bits per heavy atom. The van der Waals surface area contributed by atoms with Crippen molar-refractivity contribution in [1.29, 1.82) is 0 Å². The number of nitrogens with one attached hydrogen (secondary N) is 1. The molecular weight excluding hydrogens is 607 g/mol. The predicted molar refractivity (Wildman–Crippen MR) is 146 cm³/mol. The van der Waals surface area contributed by atoms with E-state index in [4.69, 9.17) is 14.2 Å². The van der Waals surface area contributed by atoms with Gasteiger partial charge in [-0.2, -0.15) is 0 Å². The number of rotatable bonds is 11. The summed E-state index contributed by atoms with van der Waals surface area (Å²) in [6, 6.07) is 2.47. The Morgan fingerprint density at radius 2 is 2.05 bits per heavy atom. The summed E-state index contributed by atoms with van der Waals surface area (Å²) < 4.78 is 18.1. The molecule has 2 fully saturated rings. The Morgan fingerprint density at radius 3 is 2.66 bits per heavy atom. The van der Waals surface area contributed by atoms with Gasteiger partial charge in [0.25, 0.3) is 0 Å². The fourth-order valence-electron chi connectivity index (χ4n) is 5.12. The van der Waals surface area contributed by atoms with Crippen LogP contribution in [0.3, 0.4) is 0 Å². The lowest BCUT2D eigenvalue weighted by Crippen LogP contribution is -2.58. The maximum absolute atomic E-state index is 13.6. The minimum Gasteiger partial charge on any atom is -0.493 e. The second-order valence-corrected chi connectivity index (χ2v) is 11.1. The van der Waals surface area contributed by atoms with Gasteiger partial charge >= 0.3 is 0 Å². The second-order valence-electron chi connectivity index (χ2n) is 9.92. The van der Waals surface area contributed by atoms with Crippen molar-refractivity contribution < 1.29 is 38.8 Å². The SMILES string of the molecule is COc1cc(C=O)cc(I)c1O[C@H]1C=C(C(=O)NCCO)C[C@@H](N(C[C@H]2CCCO2)C(=O)C2CCC2)[C@@H]1O. The highest BCUT2D eigenvalue weighted by Crippen LogP contribution is 2.38. The van der Waals surface area contributed by atoms with Crippen LogP contribution in [0.2, 0.25) is 0 Å². The van der Waals surface area contributed by atoms with Gasteiger partial charge in [-0.1, -0.05) is 6.42 Å². The highest BCUT2D eigenvalue weighted by molar-refractivity contribution is 14.1. The van der Waals surface area contributed by atoms with Crippen LogP contribution >= 0.6 is 22.6 Å². The summed E-state index contributed by atoms with van der Waals surface area (Å²) in [7, 11) is 1.46. The molecular formula is C27H35IN2O8. The molecule has 1 heterocycles. The van der Waals surface area contributed by atoms with E-state index in [0.717, 1.165) is 32.1 Å². The standard InChI is InChI=1S/C27H35IN2O8/c1-36-23-11-16(15-32)10-20(28)25(23)38-22-13-18(26(34)29-7-8-31)12-21(24(22)33)30(14-19-6-3-9-37-19)27(35)17-4-2-5-17/h10-11,13,15,17,19,21-22,24,31,33H,2-9,12,14H2,1H3,(H,29,34)/t19-,21-,22+,24+/m1/s1. The van der Waals surface area contributed by atoms with Crippen LogP contribution in [0.4, 0.5) is 0 Å². The number of hydrogen-bond acceptors (Lipinski definition) is 8. The zero-order chi connectivity index (χ0) is 27.2. The van der Waals surface area contributed by atoms with Gasteiger partial charge in [0.15, 0.2) is 11.5 Å². The van der Waals surface area contributed by atoms with Crippen LogP contribution in [-0.2, 0) is 14.3 Å². The zero-order valence-electron chi connectivity index (χ0n) is 21.4. The molecule has 1 aromatic carbocycles. The van der Waals surface area contributed by atoms with Gasteiger partial charge < -0.3 is 34.6 Å². The van der Waals surface area contributed by atoms with Crippen LogP contribution in [0.1, 0.15) is 48.9 Å². The first-order valence-electron chi connectivity index (χ1n) is 13.1. The number of carbonyl (C=O) groups is 3. The van der Waals surface area contributed by atoms with E-state index in [1.165, 1.54) is 7.11 Å². The van der Waals surface area contributed by atoms with Crippen molar-refractivity contribution in [2.45, 2.75) is 62.9 Å². The van der Waals surface area contributed by atoms with Crippen molar-refractivity contribution in [3.8, 4) is 11.5 Å². The van der Waals surface area contributed by atoms with Gasteiger partial charge in [-0.05, 0) is 66.5 Å². The van der Waals surface area contributed by atoms with Crippen molar-refractivity contribution in [2.24, 2.45) is 5.92 Å². The van der Waals surface area contributed by atoms with Gasteiger partial charge in [-0.3, -0.25) is 14.4 Å². The molecule has 0 bridgehead atoms. The van der Waals surface area contributed by atoms with Crippen LogP contribution in [0.25, 0.3) is 0 Å². The fourth-order valence-corrected chi connectivity index (χ4v) is 5.88. The summed E-state index contributed by atoms with van der Waals surface area (Å²) in [5.74, 6) is 0.114. The average Bonchev–Trinajstić information content (AvgIpc) is 3.40. The molecule has 3 aliphatic rings. The predicted octanol–water partition coefficient (Wildman–Crippen LogP) is 1.84. The molecule has 0 aromatic heterocycles. The number of methoxy groups -OCH3 is 1. The van der Waals surface area contributed by atoms with E-state index in [0.29, 0.717) is 45.6 Å². The number of benzene rings is 1. The number of carbonyl (C=O) groups excluding carboxylic acids is 3. The molecule has 2 amide bonds. The molecule has 10 nitrogen and oxygen atoms in total. The van der Waals surface area contributed by atoms with E-state index in [-0.39, 0.29) is 37.5 Å². The lowest BCUT2D eigenvalue weighted by molar-refractivity contribution is -0.147. The number of aldehydes is 1. The molecule has 0 spiro atoms. The minimum atomic E-state index is -1.14. The van der Waals surface area contributed by atoms with Crippen LogP contribution in [0.15, 0.2) is 23.8 Å². The Balaban J connectivity index is 1.68. The van der Waals surface area contributed by atoms with Crippen LogP contribution in [0, 0.1) is 9.49 Å². The van der Waals surface area contributed by atoms with Gasteiger partial charge in [0, 0.05) is 43.2 Å². The topological polar surface area (TPSA) is 135 Å². The number of aliphatic hydroxyl groups is 2. The van der Waals surface area contributed by atoms with Gasteiger partial charge in [0.2, 0.25) is 11.8 Å². The first-order chi connectivity index (χ1) is 18.4. The highest BCUT2D eigenvalue weighted by atomic mass is 127. The van der Waals surface area contributed by atoms with E-state index in [1.807, 2.05) is 22.6 Å². The third-order valence-corrected chi connectivity index (χ3v) is 8.22. The maximum Gasteiger partial charge on any atom is 0.247 e. The van der Waals surface area contributed by atoms with Crippen molar-refractivity contribution in [3.63, 3.8) is 0 Å². The quantitative estimate of drug-likeness (QED) is 0.246. The molecule has 0 radical (unpaired) electrons. The third-order valence-electron chi connectivity index (χ3n) is 7.42. The van der Waals surface area contributed by atoms with Crippen LogP contribution < -0.4 is 14.8 Å². The van der Waals surface area contributed by atoms with E-state index < -0.39 is 24.2 Å². The number of nitrogens with zero attached hydrogens (tertiary/aromatic N) is 1. The molecule has 11 heteroatoms. The molecule has 3 N–H and O–H groups in total. The zero-order valence-corrected chi connectivity index (χ0v) is 23.6. The fraction of sp³-hybridized carbons (Fsp3) is 0.593. The molecule has 38 heavy (non-hydrogen) atoms. The Labute approximate surface area is 235 Å². The Bertz CT molecular complexity index is 1050. The molecule has 1 saturated carbocycles. The van der Waals surface area contributed by atoms with Crippen molar-refractivity contribution in [3.05, 3.63) is 32.9 Å². The largest absolute Gasteiger partial charge is 0.493 e. The summed E-state index contributed by atoms with van der Waals surface area (Å²) >= 11 is 2.03. The molecule has 208 valence electrons. The molecule has 0 unspecified atom stereocenters. The van der Waals surface area contributed by atoms with Crippen molar-refractivity contribution >= 4 is 40.7 Å². The van der Waals surface area contributed by atoms with E-state index in [9.17, 15) is 24.6 Å². The van der Waals surface area contributed by atoms with Crippen molar-refractivity contribution in [2.75, 3.05) is 33.4 Å². The third kappa shape index (κ3) is 6.49. The summed E-state index contributed by atoms with van der Waals surface area (Å²) in [5.41, 5.74) is 0.769. The number of amides is 2. The maximum atomic E-state index is 13.6. The van der Waals surface area contributed by atoms with Gasteiger partial charge in [-0.25, -0.2) is 0 Å². The summed E-state index contributed by atoms with van der Waals surface area (Å²) in [6.07, 6.45) is 4.52. The van der Waals surface area contributed by atoms with E-state index >= 15 is 0 Å². The van der Waals surface area contributed by atoms with Gasteiger partial charge in [-0.15, -0.1) is 0 Å². The van der Waals surface area contributed by atoms with E-state index in [2.05, 4.69) is 5.32 Å². The molecule has 1 saturated heterocycles. The highest BCUT2D eigenvalue weighted by Gasteiger charge is 2.44. The average molecular weight is 642 g/mol. The summed E-state index contributed by atoms with van der Waals surface area (Å²) in [4.78, 5) is 39.6. The number of halogens is 1. The first-order valence-corrected chi connectivity index (χ1v) is 14.1. The summed E-state index contributed by atoms with van der Waals surface area (Å²) in [6.45, 7) is 0.840. The molecule has 1 aromatic rings. The molecule has 2 aliphatic carbocycles. The lowest BCUT2D eigenvalue weighted by Gasteiger charge is -2.43. The van der Waals surface area contributed by atoms with Crippen LogP contribution in [-0.4, -0.2) is 91.0 Å². The van der Waals surface area contributed by atoms with Crippen LogP contribution in [0.5, 0.6) is 11.5 Å². The van der Waals surface area contributed by atoms with Gasteiger partial charge in [0.05, 0.1) is 29.4 Å². The van der Waals surface area contributed by atoms with Crippen molar-refractivity contribution in [1.82, 2.24) is 10.2 Å². The first kappa shape index (κ1) is 28.8. The summed E-state index contributed by atoms with van der Waals surface area (Å²) in [5, 5.41) is 23.5. The lowest BCUT2D eigenvalue weighted by atomic mass is 9.82. The Hall–Kier alpha value is -2.22. The number of ether oxygens (including phenoxy) is 3. The monoisotopic (exact) mass is 642 g/mol. The normalized spacial score (nSPS) is 25.2. The van der Waals surface area contributed by atoms with E-state index in [1.54, 1.807) is 23.1 Å². The Kier molecular flexibility index (Phi) is 10.0. The number of aliphatic hydroxyl groups excluding tert-OH is 2. The minimum absolute atomic E-state index is 0.0333. The molecule has 4 rings (SSSR count).